The minimum absolute atomic E-state index is 0.0505. The van der Waals surface area contributed by atoms with Crippen LogP contribution in [0.3, 0.4) is 0 Å². The maximum absolute atomic E-state index is 14.0. The van der Waals surface area contributed by atoms with Gasteiger partial charge in [0.05, 0.1) is 7.11 Å². The molecule has 2 aromatic carbocycles. The van der Waals surface area contributed by atoms with E-state index >= 15 is 0 Å². The lowest BCUT2D eigenvalue weighted by Crippen LogP contribution is -2.16. The van der Waals surface area contributed by atoms with Crippen LogP contribution in [0.2, 0.25) is 0 Å². The van der Waals surface area contributed by atoms with E-state index in [-0.39, 0.29) is 11.6 Å². The molecule has 0 unspecified atom stereocenters. The van der Waals surface area contributed by atoms with Crippen molar-refractivity contribution in [2.24, 2.45) is 0 Å². The second-order valence-corrected chi connectivity index (χ2v) is 5.24. The Morgan fingerprint density at radius 2 is 1.88 bits per heavy atom. The van der Waals surface area contributed by atoms with Crippen LogP contribution < -0.4 is 10.1 Å². The highest BCUT2D eigenvalue weighted by Gasteiger charge is 2.24. The molecule has 0 spiro atoms. The quantitative estimate of drug-likeness (QED) is 0.771. The minimum atomic E-state index is -1.29. The van der Waals surface area contributed by atoms with Crippen molar-refractivity contribution >= 4 is 11.8 Å². The highest BCUT2D eigenvalue weighted by atomic mass is 19.2. The average molecular weight is 344 g/mol. The number of hydrogen-bond acceptors (Lipinski definition) is 4. The smallest absolute Gasteiger partial charge is 0.264 e. The van der Waals surface area contributed by atoms with Gasteiger partial charge in [-0.2, -0.15) is 0 Å². The van der Waals surface area contributed by atoms with Crippen molar-refractivity contribution < 1.29 is 22.8 Å². The second kappa shape index (κ2) is 6.72. The zero-order chi connectivity index (χ0) is 18.0. The van der Waals surface area contributed by atoms with Gasteiger partial charge in [0.25, 0.3) is 5.91 Å². The lowest BCUT2D eigenvalue weighted by Gasteiger charge is -2.09. The Bertz CT molecular complexity index is 924. The lowest BCUT2D eigenvalue weighted by atomic mass is 10.1. The van der Waals surface area contributed by atoms with Crippen molar-refractivity contribution in [2.75, 3.05) is 12.4 Å². The molecule has 1 amide bonds. The number of nitrogens with zero attached hydrogens (tertiary/aromatic N) is 1. The van der Waals surface area contributed by atoms with Gasteiger partial charge in [-0.25, -0.2) is 8.78 Å². The van der Waals surface area contributed by atoms with E-state index in [2.05, 4.69) is 10.5 Å². The van der Waals surface area contributed by atoms with Gasteiger partial charge in [0.1, 0.15) is 17.0 Å². The average Bonchev–Trinajstić information content (AvgIpc) is 2.98. The number of aromatic nitrogens is 1. The van der Waals surface area contributed by atoms with Gasteiger partial charge in [-0.05, 0) is 19.1 Å². The first-order valence-corrected chi connectivity index (χ1v) is 7.38. The monoisotopic (exact) mass is 344 g/mol. The molecular formula is C18H14F2N2O3. The Kier molecular flexibility index (Phi) is 4.47. The number of benzene rings is 2. The van der Waals surface area contributed by atoms with E-state index in [4.69, 9.17) is 9.26 Å². The fourth-order valence-corrected chi connectivity index (χ4v) is 2.40. The first kappa shape index (κ1) is 16.6. The van der Waals surface area contributed by atoms with Gasteiger partial charge in [0.2, 0.25) is 5.88 Å². The number of carbonyl (C=O) groups is 1. The van der Waals surface area contributed by atoms with Crippen LogP contribution in [0.1, 0.15) is 15.9 Å². The molecule has 0 fully saturated rings. The van der Waals surface area contributed by atoms with Crippen LogP contribution in [0.4, 0.5) is 14.7 Å². The molecular weight excluding hydrogens is 330 g/mol. The summed E-state index contributed by atoms with van der Waals surface area (Å²) in [6.45, 7) is 1.70. The number of nitrogens with one attached hydrogen (secondary N) is 1. The molecule has 0 saturated heterocycles. The van der Waals surface area contributed by atoms with Crippen LogP contribution in [0.5, 0.6) is 5.75 Å². The van der Waals surface area contributed by atoms with Crippen LogP contribution in [-0.2, 0) is 0 Å². The summed E-state index contributed by atoms with van der Waals surface area (Å²) < 4.78 is 37.5. The number of carbonyl (C=O) groups excluding carboxylic acids is 1. The van der Waals surface area contributed by atoms with Crippen molar-refractivity contribution in [1.29, 1.82) is 0 Å². The predicted octanol–water partition coefficient (Wildman–Crippen LogP) is 4.19. The summed E-state index contributed by atoms with van der Waals surface area (Å²) in [6.07, 6.45) is 0. The summed E-state index contributed by atoms with van der Waals surface area (Å²) in [4.78, 5) is 12.4. The van der Waals surface area contributed by atoms with E-state index < -0.39 is 23.1 Å². The minimum Gasteiger partial charge on any atom is -0.496 e. The summed E-state index contributed by atoms with van der Waals surface area (Å²) in [5.74, 6) is -3.37. The molecule has 0 atom stereocenters. The van der Waals surface area contributed by atoms with E-state index in [1.807, 2.05) is 30.3 Å². The molecule has 1 aromatic heterocycles. The first-order valence-electron chi connectivity index (χ1n) is 7.38. The number of anilines is 1. The van der Waals surface area contributed by atoms with Crippen molar-refractivity contribution in [3.05, 3.63) is 65.2 Å². The molecule has 25 heavy (non-hydrogen) atoms. The third-order valence-electron chi connectivity index (χ3n) is 3.70. The summed E-state index contributed by atoms with van der Waals surface area (Å²) >= 11 is 0. The van der Waals surface area contributed by atoms with Gasteiger partial charge in [-0.15, -0.1) is 0 Å². The highest BCUT2D eigenvalue weighted by Crippen LogP contribution is 2.29. The molecule has 3 rings (SSSR count). The zero-order valence-electron chi connectivity index (χ0n) is 13.5. The number of amides is 1. The van der Waals surface area contributed by atoms with Crippen molar-refractivity contribution in [1.82, 2.24) is 5.16 Å². The molecule has 3 aromatic rings. The van der Waals surface area contributed by atoms with Crippen molar-refractivity contribution in [3.8, 4) is 17.0 Å². The number of methoxy groups -OCH3 is 1. The largest absolute Gasteiger partial charge is 0.496 e. The summed E-state index contributed by atoms with van der Waals surface area (Å²) in [7, 11) is 1.26. The Morgan fingerprint density at radius 3 is 2.56 bits per heavy atom. The predicted molar refractivity (Wildman–Crippen MR) is 87.5 cm³/mol. The second-order valence-electron chi connectivity index (χ2n) is 5.24. The number of halogens is 2. The summed E-state index contributed by atoms with van der Waals surface area (Å²) in [6, 6.07) is 11.3. The topological polar surface area (TPSA) is 64.4 Å². The van der Waals surface area contributed by atoms with Crippen LogP contribution >= 0.6 is 0 Å². The molecule has 128 valence electrons. The zero-order valence-corrected chi connectivity index (χ0v) is 13.5. The highest BCUT2D eigenvalue weighted by molar-refractivity contribution is 6.06. The fourth-order valence-electron chi connectivity index (χ4n) is 2.40. The Hall–Kier alpha value is -3.22. The van der Waals surface area contributed by atoms with E-state index in [0.717, 1.165) is 11.6 Å². The normalized spacial score (nSPS) is 10.6. The number of hydrogen-bond donors (Lipinski definition) is 1. The standard InChI is InChI=1S/C18H14F2N2O3/c1-10-16(11-6-4-3-5-7-11)22-25-18(10)21-17(23)14-13(24-2)9-8-12(19)15(14)20/h3-9H,1-2H3,(H,21,23). The molecule has 1 N–H and O–H groups in total. The molecule has 0 saturated carbocycles. The molecule has 0 aliphatic carbocycles. The van der Waals surface area contributed by atoms with Crippen molar-refractivity contribution in [2.45, 2.75) is 6.92 Å². The summed E-state index contributed by atoms with van der Waals surface area (Å²) in [5.41, 5.74) is 1.37. The van der Waals surface area contributed by atoms with Crippen LogP contribution in [0.15, 0.2) is 47.0 Å². The molecule has 5 nitrogen and oxygen atoms in total. The van der Waals surface area contributed by atoms with E-state index in [1.165, 1.54) is 13.2 Å². The fraction of sp³-hybridized carbons (Fsp3) is 0.111. The van der Waals surface area contributed by atoms with Crippen molar-refractivity contribution in [3.63, 3.8) is 0 Å². The Morgan fingerprint density at radius 1 is 1.16 bits per heavy atom. The molecule has 0 aliphatic rings. The molecule has 0 aliphatic heterocycles. The van der Waals surface area contributed by atoms with E-state index in [0.29, 0.717) is 11.3 Å². The van der Waals surface area contributed by atoms with Gasteiger partial charge in [-0.1, -0.05) is 35.5 Å². The Balaban J connectivity index is 1.93. The lowest BCUT2D eigenvalue weighted by molar-refractivity contribution is 0.101. The summed E-state index contributed by atoms with van der Waals surface area (Å²) in [5, 5.41) is 6.33. The van der Waals surface area contributed by atoms with Gasteiger partial charge < -0.3 is 9.26 Å². The number of ether oxygens (including phenoxy) is 1. The molecule has 0 radical (unpaired) electrons. The van der Waals surface area contributed by atoms with Gasteiger partial charge in [0.15, 0.2) is 11.6 Å². The SMILES string of the molecule is COc1ccc(F)c(F)c1C(=O)Nc1onc(-c2ccccc2)c1C. The Labute approximate surface area is 142 Å². The third-order valence-corrected chi connectivity index (χ3v) is 3.70. The molecule has 1 heterocycles. The van der Waals surface area contributed by atoms with Crippen LogP contribution in [0.25, 0.3) is 11.3 Å². The van der Waals surface area contributed by atoms with E-state index in [1.54, 1.807) is 6.92 Å². The van der Waals surface area contributed by atoms with E-state index in [9.17, 15) is 13.6 Å². The van der Waals surface area contributed by atoms with Crippen LogP contribution in [0, 0.1) is 18.6 Å². The first-order chi connectivity index (χ1) is 12.0. The van der Waals surface area contributed by atoms with Gasteiger partial charge >= 0.3 is 0 Å². The number of rotatable bonds is 4. The van der Waals surface area contributed by atoms with Gasteiger partial charge in [-0.3, -0.25) is 10.1 Å². The van der Waals surface area contributed by atoms with Crippen LogP contribution in [-0.4, -0.2) is 18.2 Å². The maximum atomic E-state index is 14.0. The molecule has 0 bridgehead atoms. The van der Waals surface area contributed by atoms with Gasteiger partial charge in [0, 0.05) is 11.1 Å². The molecule has 7 heteroatoms. The maximum Gasteiger partial charge on any atom is 0.264 e. The third kappa shape index (κ3) is 3.08.